The molecule has 0 fully saturated rings. The van der Waals surface area contributed by atoms with Crippen molar-refractivity contribution in [2.24, 2.45) is 0 Å². The summed E-state index contributed by atoms with van der Waals surface area (Å²) in [5.74, 6) is 0. The van der Waals surface area contributed by atoms with Crippen LogP contribution in [0.25, 0.3) is 0 Å². The van der Waals surface area contributed by atoms with E-state index < -0.39 is 8.69 Å². The van der Waals surface area contributed by atoms with Gasteiger partial charge in [0, 0.05) is 0 Å². The maximum Gasteiger partial charge on any atom is 0.177 e. The Labute approximate surface area is 79.7 Å². The standard InChI is InChI=1S/C6H6.2ClH.H3O2P/c1-2-4-6-5-3-1;;;1-3-2/h1-6H;2*1H;3H2,(H,1,2). The van der Waals surface area contributed by atoms with Crippen molar-refractivity contribution in [3.8, 4) is 0 Å². The first kappa shape index (κ1) is 17.2. The van der Waals surface area contributed by atoms with Crippen LogP contribution < -0.4 is 0 Å². The second kappa shape index (κ2) is 16.5. The molecule has 0 aliphatic carbocycles. The highest BCUT2D eigenvalue weighted by Crippen LogP contribution is 1.79. The first-order chi connectivity index (χ1) is 4.41. The summed E-state index contributed by atoms with van der Waals surface area (Å²) in [4.78, 5) is 7.10. The molecule has 1 unspecified atom stereocenters. The minimum Gasteiger partial charge on any atom is -0.348 e. The molecule has 0 radical (unpaired) electrons. The van der Waals surface area contributed by atoms with Crippen molar-refractivity contribution in [2.75, 3.05) is 0 Å². The lowest BCUT2D eigenvalue weighted by atomic mass is 10.4. The van der Waals surface area contributed by atoms with Crippen molar-refractivity contribution in [3.63, 3.8) is 0 Å². The average molecular weight is 217 g/mol. The molecule has 1 N–H and O–H groups in total. The highest BCUT2D eigenvalue weighted by Gasteiger charge is 1.57. The van der Waals surface area contributed by atoms with Crippen LogP contribution in [0.2, 0.25) is 0 Å². The highest BCUT2D eigenvalue weighted by molar-refractivity contribution is 7.16. The first-order valence-corrected chi connectivity index (χ1v) is 3.48. The maximum absolute atomic E-state index is 8.57. The molecule has 66 valence electrons. The lowest BCUT2D eigenvalue weighted by Gasteiger charge is -1.69. The SMILES string of the molecule is Cl.Cl.O=[PH2]O.c1ccccc1. The fraction of sp³-hybridized carbons (Fsp3) is 0. The van der Waals surface area contributed by atoms with E-state index in [9.17, 15) is 0 Å². The van der Waals surface area contributed by atoms with Crippen molar-refractivity contribution in [3.05, 3.63) is 36.4 Å². The van der Waals surface area contributed by atoms with Gasteiger partial charge in [0.05, 0.1) is 0 Å². The lowest BCUT2D eigenvalue weighted by molar-refractivity contribution is 0.524. The fourth-order valence-corrected chi connectivity index (χ4v) is 0.385. The van der Waals surface area contributed by atoms with Gasteiger partial charge in [-0.25, -0.2) is 0 Å². The summed E-state index contributed by atoms with van der Waals surface area (Å²) in [6.07, 6.45) is 0. The fourth-order valence-electron chi connectivity index (χ4n) is 0.385. The van der Waals surface area contributed by atoms with Crippen molar-refractivity contribution >= 4 is 33.5 Å². The number of hydrogen-bond acceptors (Lipinski definition) is 1. The number of rotatable bonds is 0. The molecule has 1 rings (SSSR count). The van der Waals surface area contributed by atoms with Crippen molar-refractivity contribution in [1.82, 2.24) is 0 Å². The Kier molecular flexibility index (Phi) is 25.8. The van der Waals surface area contributed by atoms with Crippen LogP contribution in [0.5, 0.6) is 0 Å². The molecule has 0 aliphatic heterocycles. The van der Waals surface area contributed by atoms with Crippen molar-refractivity contribution in [2.45, 2.75) is 0 Å². The summed E-state index contributed by atoms with van der Waals surface area (Å²) < 4.78 is 8.57. The van der Waals surface area contributed by atoms with Gasteiger partial charge in [-0.2, -0.15) is 0 Å². The molecule has 2 nitrogen and oxygen atoms in total. The van der Waals surface area contributed by atoms with Crippen LogP contribution in [-0.4, -0.2) is 4.89 Å². The molecule has 0 aromatic heterocycles. The van der Waals surface area contributed by atoms with Crippen LogP contribution in [0.1, 0.15) is 0 Å². The van der Waals surface area contributed by atoms with Gasteiger partial charge in [-0.3, -0.25) is 4.57 Å². The van der Waals surface area contributed by atoms with Gasteiger partial charge in [-0.1, -0.05) is 36.4 Å². The van der Waals surface area contributed by atoms with Gasteiger partial charge >= 0.3 is 0 Å². The molecule has 0 saturated carbocycles. The first-order valence-electron chi connectivity index (χ1n) is 2.49. The average Bonchev–Trinajstić information content (AvgIpc) is 1.93. The molecule has 0 bridgehead atoms. The third kappa shape index (κ3) is 17.8. The van der Waals surface area contributed by atoms with E-state index in [0.717, 1.165) is 0 Å². The quantitative estimate of drug-likeness (QED) is 0.676. The Hall–Kier alpha value is -0.0100. The third-order valence-corrected chi connectivity index (χ3v) is 0.667. The van der Waals surface area contributed by atoms with Crippen LogP contribution in [0.4, 0.5) is 0 Å². The molecular formula is C6H11Cl2O2P. The van der Waals surface area contributed by atoms with Crippen molar-refractivity contribution in [1.29, 1.82) is 0 Å². The van der Waals surface area contributed by atoms with E-state index in [2.05, 4.69) is 0 Å². The minimum atomic E-state index is -1.50. The Balaban J connectivity index is -0.000000116. The van der Waals surface area contributed by atoms with E-state index in [1.165, 1.54) is 0 Å². The number of hydrogen-bond donors (Lipinski definition) is 1. The van der Waals surface area contributed by atoms with Gasteiger partial charge in [0.2, 0.25) is 0 Å². The van der Waals surface area contributed by atoms with E-state index in [-0.39, 0.29) is 24.8 Å². The van der Waals surface area contributed by atoms with Crippen molar-refractivity contribution < 1.29 is 9.46 Å². The Morgan fingerprint density at radius 2 is 0.909 bits per heavy atom. The predicted octanol–water partition coefficient (Wildman–Crippen LogP) is 2.18. The number of benzene rings is 1. The van der Waals surface area contributed by atoms with Gasteiger partial charge in [0.1, 0.15) is 0 Å². The molecule has 11 heavy (non-hydrogen) atoms. The molecule has 1 aromatic carbocycles. The van der Waals surface area contributed by atoms with Crippen LogP contribution in [0, 0.1) is 0 Å². The smallest absolute Gasteiger partial charge is 0.177 e. The zero-order valence-corrected chi connectivity index (χ0v) is 8.50. The molecule has 1 atom stereocenters. The van der Waals surface area contributed by atoms with E-state index in [1.54, 1.807) is 0 Å². The molecule has 0 saturated heterocycles. The Bertz CT molecular complexity index is 122. The minimum absolute atomic E-state index is 0. The summed E-state index contributed by atoms with van der Waals surface area (Å²) in [7, 11) is -1.50. The van der Waals surface area contributed by atoms with E-state index in [4.69, 9.17) is 9.46 Å². The summed E-state index contributed by atoms with van der Waals surface area (Å²) in [5.41, 5.74) is 0. The lowest BCUT2D eigenvalue weighted by Crippen LogP contribution is -1.47. The van der Waals surface area contributed by atoms with Crippen LogP contribution in [0.15, 0.2) is 36.4 Å². The molecule has 0 heterocycles. The van der Waals surface area contributed by atoms with Crippen LogP contribution in [0.3, 0.4) is 0 Å². The van der Waals surface area contributed by atoms with Gasteiger partial charge in [-0.05, 0) is 0 Å². The number of halogens is 2. The van der Waals surface area contributed by atoms with Crippen LogP contribution >= 0.6 is 33.5 Å². The monoisotopic (exact) mass is 216 g/mol. The topological polar surface area (TPSA) is 37.3 Å². The maximum atomic E-state index is 8.57. The van der Waals surface area contributed by atoms with Gasteiger partial charge in [0.25, 0.3) is 0 Å². The van der Waals surface area contributed by atoms with E-state index in [1.807, 2.05) is 36.4 Å². The van der Waals surface area contributed by atoms with Gasteiger partial charge in [0.15, 0.2) is 8.69 Å². The highest BCUT2D eigenvalue weighted by atomic mass is 35.5. The molecule has 5 heteroatoms. The molecule has 1 aromatic rings. The second-order valence-corrected chi connectivity index (χ2v) is 1.47. The summed E-state index contributed by atoms with van der Waals surface area (Å²) in [5, 5.41) is 0. The Morgan fingerprint density at radius 3 is 1.00 bits per heavy atom. The Morgan fingerprint density at radius 1 is 0.818 bits per heavy atom. The van der Waals surface area contributed by atoms with Gasteiger partial charge in [-0.15, -0.1) is 24.8 Å². The zero-order chi connectivity index (χ0) is 6.95. The molecule has 0 aliphatic rings. The van der Waals surface area contributed by atoms with E-state index >= 15 is 0 Å². The summed E-state index contributed by atoms with van der Waals surface area (Å²) in [6, 6.07) is 12.0. The molecule has 0 spiro atoms. The third-order valence-electron chi connectivity index (χ3n) is 0.667. The van der Waals surface area contributed by atoms with Gasteiger partial charge < -0.3 is 4.89 Å². The largest absolute Gasteiger partial charge is 0.348 e. The molecular weight excluding hydrogens is 206 g/mol. The van der Waals surface area contributed by atoms with E-state index in [0.29, 0.717) is 0 Å². The zero-order valence-electron chi connectivity index (χ0n) is 5.71. The second-order valence-electron chi connectivity index (χ2n) is 1.26. The predicted molar refractivity (Wildman–Crippen MR) is 53.6 cm³/mol. The summed E-state index contributed by atoms with van der Waals surface area (Å²) >= 11 is 0. The van der Waals surface area contributed by atoms with Crippen LogP contribution in [-0.2, 0) is 4.57 Å². The summed E-state index contributed by atoms with van der Waals surface area (Å²) in [6.45, 7) is 0. The molecule has 0 amide bonds. The normalized spacial score (nSPS) is 7.00.